The molecule has 0 aromatic carbocycles. The summed E-state index contributed by atoms with van der Waals surface area (Å²) in [6, 6.07) is 2.90. The third kappa shape index (κ3) is 2.40. The van der Waals surface area contributed by atoms with Crippen LogP contribution in [0, 0.1) is 0 Å². The largest absolute Gasteiger partial charge is 0.279 e. The van der Waals surface area contributed by atoms with Gasteiger partial charge in [-0.1, -0.05) is 11.6 Å². The Morgan fingerprint density at radius 2 is 2.12 bits per heavy atom. The van der Waals surface area contributed by atoms with Crippen LogP contribution in [0.4, 0.5) is 5.69 Å². The number of halogens is 1. The molecule has 0 saturated carbocycles. The predicted octanol–water partition coefficient (Wildman–Crippen LogP) is 1.27. The standard InChI is InChI=1S/C9H9ClN4O2S/c1-14-9(3-5-12-14)17(15,16)13-8-6-11-4-2-7(8)10/h2-6,13H,1H3. The highest BCUT2D eigenvalue weighted by atomic mass is 35.5. The molecule has 0 saturated heterocycles. The Kier molecular flexibility index (Phi) is 3.03. The van der Waals surface area contributed by atoms with Crippen molar-refractivity contribution in [3.63, 3.8) is 0 Å². The van der Waals surface area contributed by atoms with E-state index in [0.717, 1.165) is 0 Å². The summed E-state index contributed by atoms with van der Waals surface area (Å²) < 4.78 is 27.6. The number of anilines is 1. The Balaban J connectivity index is 2.37. The Morgan fingerprint density at radius 1 is 1.35 bits per heavy atom. The number of hydrogen-bond acceptors (Lipinski definition) is 4. The number of hydrogen-bond donors (Lipinski definition) is 1. The number of pyridine rings is 1. The van der Waals surface area contributed by atoms with E-state index in [-0.39, 0.29) is 15.7 Å². The summed E-state index contributed by atoms with van der Waals surface area (Å²) in [4.78, 5) is 3.80. The molecule has 2 heterocycles. The maximum absolute atomic E-state index is 12.0. The molecule has 0 bridgehead atoms. The van der Waals surface area contributed by atoms with Crippen LogP contribution in [0.3, 0.4) is 0 Å². The summed E-state index contributed by atoms with van der Waals surface area (Å²) in [5, 5.41) is 4.13. The molecule has 0 aliphatic rings. The van der Waals surface area contributed by atoms with Gasteiger partial charge in [0.1, 0.15) is 0 Å². The first kappa shape index (κ1) is 11.9. The van der Waals surface area contributed by atoms with Crippen LogP contribution in [-0.4, -0.2) is 23.2 Å². The molecule has 0 aliphatic heterocycles. The maximum atomic E-state index is 12.0. The number of sulfonamides is 1. The van der Waals surface area contributed by atoms with Gasteiger partial charge >= 0.3 is 0 Å². The van der Waals surface area contributed by atoms with Crippen molar-refractivity contribution in [2.24, 2.45) is 7.05 Å². The summed E-state index contributed by atoms with van der Waals surface area (Å²) in [6.45, 7) is 0. The van der Waals surface area contributed by atoms with E-state index in [4.69, 9.17) is 11.6 Å². The van der Waals surface area contributed by atoms with Gasteiger partial charge in [-0.15, -0.1) is 0 Å². The van der Waals surface area contributed by atoms with Gasteiger partial charge in [0.2, 0.25) is 0 Å². The van der Waals surface area contributed by atoms with Gasteiger partial charge in [0.15, 0.2) is 5.03 Å². The van der Waals surface area contributed by atoms with E-state index in [2.05, 4.69) is 14.8 Å². The first-order valence-corrected chi connectivity index (χ1v) is 6.47. The Labute approximate surface area is 103 Å². The molecule has 0 atom stereocenters. The average Bonchev–Trinajstić information content (AvgIpc) is 2.68. The first-order valence-electron chi connectivity index (χ1n) is 4.61. The van der Waals surface area contributed by atoms with Crippen LogP contribution in [0.25, 0.3) is 0 Å². The van der Waals surface area contributed by atoms with E-state index in [1.54, 1.807) is 7.05 Å². The lowest BCUT2D eigenvalue weighted by Gasteiger charge is -2.08. The summed E-state index contributed by atoms with van der Waals surface area (Å²) in [6.07, 6.45) is 4.22. The molecule has 17 heavy (non-hydrogen) atoms. The average molecular weight is 273 g/mol. The minimum absolute atomic E-state index is 0.0532. The fourth-order valence-corrected chi connectivity index (χ4v) is 2.68. The Morgan fingerprint density at radius 3 is 2.71 bits per heavy atom. The van der Waals surface area contributed by atoms with Crippen molar-refractivity contribution >= 4 is 27.3 Å². The van der Waals surface area contributed by atoms with Crippen LogP contribution in [-0.2, 0) is 17.1 Å². The molecule has 6 nitrogen and oxygen atoms in total. The van der Waals surface area contributed by atoms with E-state index < -0.39 is 10.0 Å². The number of aryl methyl sites for hydroxylation is 1. The molecule has 8 heteroatoms. The van der Waals surface area contributed by atoms with Crippen LogP contribution < -0.4 is 4.72 Å². The van der Waals surface area contributed by atoms with Gasteiger partial charge in [-0.3, -0.25) is 14.4 Å². The van der Waals surface area contributed by atoms with Gasteiger partial charge in [0.05, 0.1) is 23.1 Å². The van der Waals surface area contributed by atoms with Gasteiger partial charge in [-0.25, -0.2) is 0 Å². The van der Waals surface area contributed by atoms with E-state index >= 15 is 0 Å². The quantitative estimate of drug-likeness (QED) is 0.913. The lowest BCUT2D eigenvalue weighted by molar-refractivity contribution is 0.582. The summed E-state index contributed by atoms with van der Waals surface area (Å²) in [7, 11) is -2.16. The molecule has 1 N–H and O–H groups in total. The zero-order chi connectivity index (χ0) is 12.5. The molecule has 0 unspecified atom stereocenters. The highest BCUT2D eigenvalue weighted by Gasteiger charge is 2.19. The first-order chi connectivity index (χ1) is 8.00. The number of rotatable bonds is 3. The third-order valence-electron chi connectivity index (χ3n) is 2.06. The van der Waals surface area contributed by atoms with Gasteiger partial charge < -0.3 is 0 Å². The number of nitrogens with one attached hydrogen (secondary N) is 1. The van der Waals surface area contributed by atoms with Crippen molar-refractivity contribution in [1.82, 2.24) is 14.8 Å². The molecule has 0 radical (unpaired) electrons. The summed E-state index contributed by atoms with van der Waals surface area (Å²) in [5.74, 6) is 0. The molecular weight excluding hydrogens is 264 g/mol. The van der Waals surface area contributed by atoms with Gasteiger partial charge in [0, 0.05) is 13.2 Å². The highest BCUT2D eigenvalue weighted by Crippen LogP contribution is 2.22. The topological polar surface area (TPSA) is 76.9 Å². The minimum Gasteiger partial charge on any atom is -0.275 e. The van der Waals surface area contributed by atoms with Crippen molar-refractivity contribution < 1.29 is 8.42 Å². The van der Waals surface area contributed by atoms with Gasteiger partial charge in [0.25, 0.3) is 10.0 Å². The molecule has 2 aromatic heterocycles. The van der Waals surface area contributed by atoms with Gasteiger partial charge in [-0.2, -0.15) is 13.5 Å². The van der Waals surface area contributed by atoms with E-state index in [0.29, 0.717) is 0 Å². The second kappa shape index (κ2) is 4.34. The van der Waals surface area contributed by atoms with Crippen LogP contribution in [0.5, 0.6) is 0 Å². The third-order valence-corrected chi connectivity index (χ3v) is 3.83. The second-order valence-electron chi connectivity index (χ2n) is 3.25. The van der Waals surface area contributed by atoms with Gasteiger partial charge in [-0.05, 0) is 12.1 Å². The molecule has 90 valence electrons. The van der Waals surface area contributed by atoms with E-state index in [1.807, 2.05) is 0 Å². The smallest absolute Gasteiger partial charge is 0.275 e. The van der Waals surface area contributed by atoms with Crippen molar-refractivity contribution in [1.29, 1.82) is 0 Å². The van der Waals surface area contributed by atoms with Crippen LogP contribution in [0.1, 0.15) is 0 Å². The molecule has 0 spiro atoms. The molecule has 0 amide bonds. The Hall–Kier alpha value is -1.60. The van der Waals surface area contributed by atoms with Crippen LogP contribution >= 0.6 is 11.6 Å². The fourth-order valence-electron chi connectivity index (χ4n) is 1.28. The zero-order valence-corrected chi connectivity index (χ0v) is 10.4. The zero-order valence-electron chi connectivity index (χ0n) is 8.83. The lowest BCUT2D eigenvalue weighted by atomic mass is 10.4. The Bertz CT molecular complexity index is 638. The second-order valence-corrected chi connectivity index (χ2v) is 5.29. The maximum Gasteiger partial charge on any atom is 0.279 e. The molecule has 2 aromatic rings. The van der Waals surface area contributed by atoms with Crippen LogP contribution in [0.2, 0.25) is 5.02 Å². The monoisotopic (exact) mass is 272 g/mol. The summed E-state index contributed by atoms with van der Waals surface area (Å²) >= 11 is 5.84. The van der Waals surface area contributed by atoms with E-state index in [9.17, 15) is 8.42 Å². The van der Waals surface area contributed by atoms with Crippen molar-refractivity contribution in [3.8, 4) is 0 Å². The highest BCUT2D eigenvalue weighted by molar-refractivity contribution is 7.92. The van der Waals surface area contributed by atoms with Crippen molar-refractivity contribution in [2.45, 2.75) is 5.03 Å². The molecule has 0 fully saturated rings. The normalized spacial score (nSPS) is 11.4. The predicted molar refractivity (Wildman–Crippen MR) is 63.3 cm³/mol. The number of nitrogens with zero attached hydrogens (tertiary/aromatic N) is 3. The minimum atomic E-state index is -3.70. The number of aromatic nitrogens is 3. The molecule has 2 rings (SSSR count). The van der Waals surface area contributed by atoms with Crippen molar-refractivity contribution in [2.75, 3.05) is 4.72 Å². The van der Waals surface area contributed by atoms with Crippen molar-refractivity contribution in [3.05, 3.63) is 35.7 Å². The molecular formula is C9H9ClN4O2S. The van der Waals surface area contributed by atoms with E-state index in [1.165, 1.54) is 35.4 Å². The SMILES string of the molecule is Cn1nccc1S(=O)(=O)Nc1cnccc1Cl. The fraction of sp³-hybridized carbons (Fsp3) is 0.111. The molecule has 0 aliphatic carbocycles. The van der Waals surface area contributed by atoms with Crippen LogP contribution in [0.15, 0.2) is 35.7 Å². The lowest BCUT2D eigenvalue weighted by Crippen LogP contribution is -2.16. The summed E-state index contributed by atoms with van der Waals surface area (Å²) in [5.41, 5.74) is 0.232.